The van der Waals surface area contributed by atoms with E-state index in [1.807, 2.05) is 40.4 Å². The Hall–Kier alpha value is -3.45. The molecule has 7 heteroatoms. The molecule has 2 amide bonds. The molecule has 3 aromatic rings. The summed E-state index contributed by atoms with van der Waals surface area (Å²) in [5, 5.41) is 0. The predicted octanol–water partition coefficient (Wildman–Crippen LogP) is 5.22. The van der Waals surface area contributed by atoms with E-state index in [1.165, 1.54) is 5.56 Å². The second kappa shape index (κ2) is 12.2. The normalized spacial score (nSPS) is 20.1. The van der Waals surface area contributed by atoms with Crippen molar-refractivity contribution >= 4 is 17.5 Å². The average Bonchev–Trinajstić information content (AvgIpc) is 3.54. The summed E-state index contributed by atoms with van der Waals surface area (Å²) in [7, 11) is 0. The lowest BCUT2D eigenvalue weighted by molar-refractivity contribution is -0.133. The van der Waals surface area contributed by atoms with E-state index in [2.05, 4.69) is 64.7 Å². The highest BCUT2D eigenvalue weighted by Crippen LogP contribution is 2.32. The maximum absolute atomic E-state index is 13.9. The molecule has 5 rings (SSSR count). The van der Waals surface area contributed by atoms with Gasteiger partial charge in [0.1, 0.15) is 5.82 Å². The summed E-state index contributed by atoms with van der Waals surface area (Å²) in [5.41, 5.74) is 3.24. The van der Waals surface area contributed by atoms with Gasteiger partial charge in [-0.2, -0.15) is 0 Å². The Labute approximate surface area is 232 Å². The van der Waals surface area contributed by atoms with Crippen LogP contribution in [0.5, 0.6) is 0 Å². The van der Waals surface area contributed by atoms with Crippen LogP contribution in [-0.4, -0.2) is 56.3 Å². The molecule has 2 bridgehead atoms. The van der Waals surface area contributed by atoms with Gasteiger partial charge in [0.05, 0.1) is 0 Å². The van der Waals surface area contributed by atoms with E-state index in [9.17, 15) is 9.59 Å². The van der Waals surface area contributed by atoms with Gasteiger partial charge in [0, 0.05) is 82.2 Å². The van der Waals surface area contributed by atoms with Crippen LogP contribution < -0.4 is 4.90 Å². The van der Waals surface area contributed by atoms with Crippen LogP contribution >= 0.6 is 0 Å². The van der Waals surface area contributed by atoms with Crippen LogP contribution in [0.2, 0.25) is 0 Å². The van der Waals surface area contributed by atoms with Gasteiger partial charge in [-0.1, -0.05) is 62.4 Å². The SMILES string of the molecule is CC(=O)N1CC[C@@H]2CC[C@H](CN(C(=O)CCn3ccnc3C(C)C)Cc3ccccc31)N2Cc1ccccc1. The standard InChI is InChI=1S/C32H41N5O2/c1-24(2)32-33-17-20-34(32)18-16-31(39)35-22-27-11-7-8-12-30(27)36(25(3)38)19-15-28-13-14-29(23-35)37(28)21-26-9-5-4-6-10-26/h4-12,17,20,24,28-29H,13-16,18-19,21-23H2,1-3H3/t28-,29+/m0/s1. The molecular weight excluding hydrogens is 486 g/mol. The highest BCUT2D eigenvalue weighted by atomic mass is 16.2. The average molecular weight is 528 g/mol. The minimum absolute atomic E-state index is 0.0463. The number of para-hydroxylation sites is 1. The van der Waals surface area contributed by atoms with Crippen molar-refractivity contribution in [3.63, 3.8) is 0 Å². The summed E-state index contributed by atoms with van der Waals surface area (Å²) in [6.07, 6.45) is 7.27. The molecule has 3 heterocycles. The van der Waals surface area contributed by atoms with E-state index >= 15 is 0 Å². The first-order chi connectivity index (χ1) is 18.9. The Morgan fingerprint density at radius 1 is 0.974 bits per heavy atom. The van der Waals surface area contributed by atoms with E-state index in [1.54, 1.807) is 6.92 Å². The Morgan fingerprint density at radius 3 is 2.49 bits per heavy atom. The Morgan fingerprint density at radius 2 is 1.72 bits per heavy atom. The molecule has 39 heavy (non-hydrogen) atoms. The Kier molecular flexibility index (Phi) is 8.46. The quantitative estimate of drug-likeness (QED) is 0.441. The van der Waals surface area contributed by atoms with Gasteiger partial charge in [0.15, 0.2) is 0 Å². The first kappa shape index (κ1) is 27.1. The number of benzene rings is 2. The van der Waals surface area contributed by atoms with Gasteiger partial charge in [-0.15, -0.1) is 0 Å². The number of amides is 2. The van der Waals surface area contributed by atoms with Gasteiger partial charge in [0.2, 0.25) is 11.8 Å². The molecule has 1 fully saturated rings. The molecule has 0 N–H and O–H groups in total. The molecule has 1 aromatic heterocycles. The molecule has 0 aliphatic carbocycles. The van der Waals surface area contributed by atoms with Crippen molar-refractivity contribution < 1.29 is 9.59 Å². The maximum Gasteiger partial charge on any atom is 0.224 e. The molecule has 0 saturated carbocycles. The molecule has 0 radical (unpaired) electrons. The molecule has 2 aliphatic rings. The van der Waals surface area contributed by atoms with Crippen molar-refractivity contribution in [1.29, 1.82) is 0 Å². The van der Waals surface area contributed by atoms with Gasteiger partial charge in [-0.25, -0.2) is 4.98 Å². The van der Waals surface area contributed by atoms with Gasteiger partial charge in [-0.05, 0) is 36.5 Å². The second-order valence-corrected chi connectivity index (χ2v) is 11.3. The van der Waals surface area contributed by atoms with Crippen LogP contribution in [0.3, 0.4) is 0 Å². The molecule has 2 aromatic carbocycles. The van der Waals surface area contributed by atoms with Crippen LogP contribution in [-0.2, 0) is 29.2 Å². The summed E-state index contributed by atoms with van der Waals surface area (Å²) in [4.78, 5) is 37.8. The molecule has 2 atom stereocenters. The first-order valence-electron chi connectivity index (χ1n) is 14.3. The lowest BCUT2D eigenvalue weighted by Gasteiger charge is -2.34. The maximum atomic E-state index is 13.9. The summed E-state index contributed by atoms with van der Waals surface area (Å²) in [5.74, 6) is 1.50. The summed E-state index contributed by atoms with van der Waals surface area (Å²) in [6.45, 7) is 9.26. The smallest absolute Gasteiger partial charge is 0.224 e. The van der Waals surface area contributed by atoms with E-state index in [0.29, 0.717) is 44.6 Å². The summed E-state index contributed by atoms with van der Waals surface area (Å²) < 4.78 is 2.10. The number of hydrogen-bond donors (Lipinski definition) is 0. The molecular formula is C32H41N5O2. The highest BCUT2D eigenvalue weighted by molar-refractivity contribution is 5.92. The first-order valence-corrected chi connectivity index (χ1v) is 14.3. The zero-order valence-electron chi connectivity index (χ0n) is 23.5. The van der Waals surface area contributed by atoms with Crippen LogP contribution in [0.4, 0.5) is 5.69 Å². The minimum atomic E-state index is 0.0463. The van der Waals surface area contributed by atoms with Gasteiger partial charge in [-0.3, -0.25) is 14.5 Å². The van der Waals surface area contributed by atoms with Crippen molar-refractivity contribution in [3.05, 3.63) is 83.9 Å². The molecule has 2 aliphatic heterocycles. The van der Waals surface area contributed by atoms with Crippen molar-refractivity contribution in [1.82, 2.24) is 19.4 Å². The second-order valence-electron chi connectivity index (χ2n) is 11.3. The summed E-state index contributed by atoms with van der Waals surface area (Å²) >= 11 is 0. The fourth-order valence-corrected chi connectivity index (χ4v) is 6.31. The lowest BCUT2D eigenvalue weighted by atomic mass is 10.1. The monoisotopic (exact) mass is 527 g/mol. The van der Waals surface area contributed by atoms with E-state index < -0.39 is 0 Å². The number of aromatic nitrogens is 2. The van der Waals surface area contributed by atoms with Crippen molar-refractivity contribution in [3.8, 4) is 0 Å². The Bertz CT molecular complexity index is 1270. The van der Waals surface area contributed by atoms with Crippen LogP contribution in [0.15, 0.2) is 67.0 Å². The van der Waals surface area contributed by atoms with Crippen molar-refractivity contribution in [2.24, 2.45) is 0 Å². The number of carbonyl (C=O) groups excluding carboxylic acids is 2. The predicted molar refractivity (Wildman–Crippen MR) is 154 cm³/mol. The third-order valence-corrected chi connectivity index (χ3v) is 8.30. The minimum Gasteiger partial charge on any atom is -0.337 e. The van der Waals surface area contributed by atoms with E-state index in [4.69, 9.17) is 0 Å². The number of aryl methyl sites for hydroxylation is 1. The number of hydrogen-bond acceptors (Lipinski definition) is 4. The fourth-order valence-electron chi connectivity index (χ4n) is 6.31. The van der Waals surface area contributed by atoms with Crippen LogP contribution in [0, 0.1) is 0 Å². The van der Waals surface area contributed by atoms with Crippen LogP contribution in [0.25, 0.3) is 0 Å². The fraction of sp³-hybridized carbons (Fsp3) is 0.469. The molecule has 0 unspecified atom stereocenters. The van der Waals surface area contributed by atoms with E-state index in [0.717, 1.165) is 42.9 Å². The van der Waals surface area contributed by atoms with Crippen LogP contribution in [0.1, 0.15) is 69.3 Å². The number of carbonyl (C=O) groups is 2. The van der Waals surface area contributed by atoms with Crippen molar-refractivity contribution in [2.45, 2.75) is 84.1 Å². The topological polar surface area (TPSA) is 61.7 Å². The lowest BCUT2D eigenvalue weighted by Crippen LogP contribution is -2.45. The largest absolute Gasteiger partial charge is 0.337 e. The Balaban J connectivity index is 1.45. The molecule has 0 spiro atoms. The number of imidazole rings is 1. The third kappa shape index (κ3) is 6.25. The summed E-state index contributed by atoms with van der Waals surface area (Å²) in [6, 6.07) is 19.4. The van der Waals surface area contributed by atoms with Gasteiger partial charge >= 0.3 is 0 Å². The third-order valence-electron chi connectivity index (χ3n) is 8.30. The number of fused-ring (bicyclic) bond motifs is 3. The molecule has 1 saturated heterocycles. The number of nitrogens with zero attached hydrogens (tertiary/aromatic N) is 5. The molecule has 206 valence electrons. The number of anilines is 1. The van der Waals surface area contributed by atoms with Crippen molar-refractivity contribution in [2.75, 3.05) is 18.0 Å². The zero-order valence-corrected chi connectivity index (χ0v) is 23.5. The van der Waals surface area contributed by atoms with Gasteiger partial charge in [0.25, 0.3) is 0 Å². The zero-order chi connectivity index (χ0) is 27.4. The highest BCUT2D eigenvalue weighted by Gasteiger charge is 2.36. The van der Waals surface area contributed by atoms with E-state index in [-0.39, 0.29) is 17.9 Å². The number of rotatable bonds is 6. The molecule has 7 nitrogen and oxygen atoms in total. The van der Waals surface area contributed by atoms with Gasteiger partial charge < -0.3 is 14.4 Å².